The van der Waals surface area contributed by atoms with Crippen LogP contribution in [0, 0.1) is 20.8 Å². The van der Waals surface area contributed by atoms with Crippen LogP contribution in [0.3, 0.4) is 0 Å². The fourth-order valence-corrected chi connectivity index (χ4v) is 5.68. The van der Waals surface area contributed by atoms with Gasteiger partial charge in [-0.15, -0.1) is 23.1 Å². The quantitative estimate of drug-likeness (QED) is 0.695. The second-order valence-corrected chi connectivity index (χ2v) is 9.09. The van der Waals surface area contributed by atoms with Crippen LogP contribution in [-0.4, -0.2) is 15.3 Å². The Labute approximate surface area is 171 Å². The third-order valence-electron chi connectivity index (χ3n) is 5.19. The second-order valence-electron chi connectivity index (χ2n) is 6.81. The molecule has 0 atom stereocenters. The van der Waals surface area contributed by atoms with Crippen molar-refractivity contribution in [3.63, 3.8) is 0 Å². The zero-order valence-electron chi connectivity index (χ0n) is 16.2. The summed E-state index contributed by atoms with van der Waals surface area (Å²) >= 11 is 3.23. The number of nitrogens with one attached hydrogen (secondary N) is 1. The molecule has 0 saturated heterocycles. The lowest BCUT2D eigenvalue weighted by Crippen LogP contribution is -2.23. The van der Waals surface area contributed by atoms with Gasteiger partial charge in [0.2, 0.25) is 0 Å². The molecule has 1 aliphatic heterocycles. The van der Waals surface area contributed by atoms with Gasteiger partial charge in [-0.3, -0.25) is 14.3 Å². The summed E-state index contributed by atoms with van der Waals surface area (Å²) in [7, 11) is 1.82. The van der Waals surface area contributed by atoms with Crippen LogP contribution in [-0.2, 0) is 17.6 Å². The number of aromatic nitrogens is 2. The molecule has 0 spiro atoms. The van der Waals surface area contributed by atoms with Gasteiger partial charge in [0.05, 0.1) is 16.3 Å². The third kappa shape index (κ3) is 3.04. The van der Waals surface area contributed by atoms with Crippen LogP contribution in [0.2, 0.25) is 0 Å². The van der Waals surface area contributed by atoms with Crippen molar-refractivity contribution in [2.24, 2.45) is 7.05 Å². The van der Waals surface area contributed by atoms with Crippen LogP contribution in [0.25, 0.3) is 11.8 Å². The SMILES string of the molecule is Cc1sc2c(c1C)CSC(C(=O)Nc1c(C)n(C)n(-c3ccccc3)c1=O)=C2. The van der Waals surface area contributed by atoms with Crippen LogP contribution < -0.4 is 10.9 Å². The highest BCUT2D eigenvalue weighted by atomic mass is 32.2. The highest BCUT2D eigenvalue weighted by Gasteiger charge is 2.24. The largest absolute Gasteiger partial charge is 0.315 e. The van der Waals surface area contributed by atoms with Crippen LogP contribution in [0.15, 0.2) is 40.0 Å². The van der Waals surface area contributed by atoms with E-state index in [1.807, 2.05) is 50.4 Å². The van der Waals surface area contributed by atoms with E-state index in [0.29, 0.717) is 16.3 Å². The van der Waals surface area contributed by atoms with Crippen molar-refractivity contribution in [3.05, 3.63) is 72.2 Å². The number of aryl methyl sites for hydroxylation is 1. The number of hydrogen-bond donors (Lipinski definition) is 1. The van der Waals surface area contributed by atoms with Crippen molar-refractivity contribution in [1.29, 1.82) is 0 Å². The maximum absolute atomic E-state index is 13.0. The Morgan fingerprint density at radius 2 is 1.86 bits per heavy atom. The Kier molecular flexibility index (Phi) is 4.81. The first-order chi connectivity index (χ1) is 13.4. The Morgan fingerprint density at radius 1 is 1.14 bits per heavy atom. The van der Waals surface area contributed by atoms with E-state index >= 15 is 0 Å². The summed E-state index contributed by atoms with van der Waals surface area (Å²) < 4.78 is 3.33. The first-order valence-electron chi connectivity index (χ1n) is 8.97. The lowest BCUT2D eigenvalue weighted by molar-refractivity contribution is -0.112. The molecule has 144 valence electrons. The average Bonchev–Trinajstić information content (AvgIpc) is 3.09. The normalized spacial score (nSPS) is 13.2. The molecule has 5 nitrogen and oxygen atoms in total. The van der Waals surface area contributed by atoms with E-state index in [1.165, 1.54) is 27.8 Å². The number of anilines is 1. The van der Waals surface area contributed by atoms with Gasteiger partial charge < -0.3 is 5.32 Å². The van der Waals surface area contributed by atoms with Gasteiger partial charge in [0.1, 0.15) is 5.69 Å². The summed E-state index contributed by atoms with van der Waals surface area (Å²) in [5.74, 6) is 0.553. The number of thioether (sulfide) groups is 1. The van der Waals surface area contributed by atoms with E-state index in [1.54, 1.807) is 20.7 Å². The molecule has 7 heteroatoms. The Hall–Kier alpha value is -2.51. The summed E-state index contributed by atoms with van der Waals surface area (Å²) in [6.45, 7) is 6.07. The minimum Gasteiger partial charge on any atom is -0.315 e. The van der Waals surface area contributed by atoms with Crippen LogP contribution in [0.1, 0.15) is 26.6 Å². The van der Waals surface area contributed by atoms with Gasteiger partial charge in [-0.2, -0.15) is 0 Å². The number of fused-ring (bicyclic) bond motifs is 1. The molecule has 0 saturated carbocycles. The van der Waals surface area contributed by atoms with Crippen molar-refractivity contribution >= 4 is 40.8 Å². The van der Waals surface area contributed by atoms with Gasteiger partial charge in [-0.25, -0.2) is 4.68 Å². The molecule has 2 aromatic heterocycles. The highest BCUT2D eigenvalue weighted by Crippen LogP contribution is 2.39. The third-order valence-corrected chi connectivity index (χ3v) is 7.44. The van der Waals surface area contributed by atoms with E-state index < -0.39 is 0 Å². The molecule has 3 aromatic rings. The molecular weight excluding hydrogens is 390 g/mol. The van der Waals surface area contributed by atoms with Gasteiger partial charge in [-0.05, 0) is 50.1 Å². The van der Waals surface area contributed by atoms with E-state index in [-0.39, 0.29) is 11.5 Å². The number of hydrogen-bond acceptors (Lipinski definition) is 4. The highest BCUT2D eigenvalue weighted by molar-refractivity contribution is 8.03. The Morgan fingerprint density at radius 3 is 2.57 bits per heavy atom. The van der Waals surface area contributed by atoms with Gasteiger partial charge in [0.15, 0.2) is 0 Å². The topological polar surface area (TPSA) is 56.0 Å². The standard InChI is InChI=1S/C21H21N3O2S2/c1-12-14(3)28-17-10-18(27-11-16(12)17)20(25)22-19-13(2)23(4)24(21(19)26)15-8-6-5-7-9-15/h5-10H,11H2,1-4H3,(H,22,25). The van der Waals surface area contributed by atoms with Crippen LogP contribution in [0.5, 0.6) is 0 Å². The second kappa shape index (κ2) is 7.14. The lowest BCUT2D eigenvalue weighted by Gasteiger charge is -2.13. The number of carbonyl (C=O) groups is 1. The van der Waals surface area contributed by atoms with E-state index in [2.05, 4.69) is 19.2 Å². The summed E-state index contributed by atoms with van der Waals surface area (Å²) in [5, 5.41) is 2.85. The number of rotatable bonds is 3. The summed E-state index contributed by atoms with van der Waals surface area (Å²) in [6.07, 6.45) is 1.94. The number of carbonyl (C=O) groups excluding carboxylic acids is 1. The molecule has 0 aliphatic carbocycles. The number of nitrogens with zero attached hydrogens (tertiary/aromatic N) is 2. The van der Waals surface area contributed by atoms with Crippen molar-refractivity contribution in [3.8, 4) is 5.69 Å². The summed E-state index contributed by atoms with van der Waals surface area (Å²) in [5.41, 5.74) is 4.19. The first kappa shape index (κ1) is 18.8. The Bertz CT molecular complexity index is 1170. The molecule has 0 fully saturated rings. The lowest BCUT2D eigenvalue weighted by atomic mass is 10.1. The van der Waals surface area contributed by atoms with Crippen molar-refractivity contribution in [2.75, 3.05) is 5.32 Å². The van der Waals surface area contributed by atoms with E-state index in [9.17, 15) is 9.59 Å². The van der Waals surface area contributed by atoms with Gasteiger partial charge in [0, 0.05) is 22.6 Å². The molecule has 0 bridgehead atoms. The molecule has 0 unspecified atom stereocenters. The molecule has 4 rings (SSSR count). The summed E-state index contributed by atoms with van der Waals surface area (Å²) in [6, 6.07) is 9.41. The molecule has 3 heterocycles. The van der Waals surface area contributed by atoms with Gasteiger partial charge >= 0.3 is 0 Å². The average molecular weight is 412 g/mol. The zero-order valence-corrected chi connectivity index (χ0v) is 17.8. The van der Waals surface area contributed by atoms with Crippen molar-refractivity contribution < 1.29 is 4.79 Å². The fraction of sp³-hybridized carbons (Fsp3) is 0.238. The summed E-state index contributed by atoms with van der Waals surface area (Å²) in [4.78, 5) is 28.9. The van der Waals surface area contributed by atoms with E-state index in [0.717, 1.165) is 16.3 Å². The molecule has 1 N–H and O–H groups in total. The number of thiophene rings is 1. The van der Waals surface area contributed by atoms with Gasteiger partial charge in [-0.1, -0.05) is 18.2 Å². The van der Waals surface area contributed by atoms with Gasteiger partial charge in [0.25, 0.3) is 11.5 Å². The zero-order chi connectivity index (χ0) is 20.0. The number of para-hydroxylation sites is 1. The van der Waals surface area contributed by atoms with Crippen LogP contribution >= 0.6 is 23.1 Å². The predicted molar refractivity (Wildman–Crippen MR) is 117 cm³/mol. The predicted octanol–water partition coefficient (Wildman–Crippen LogP) is 4.39. The van der Waals surface area contributed by atoms with E-state index in [4.69, 9.17) is 0 Å². The van der Waals surface area contributed by atoms with Crippen molar-refractivity contribution in [1.82, 2.24) is 9.36 Å². The first-order valence-corrected chi connectivity index (χ1v) is 10.8. The molecule has 1 aromatic carbocycles. The maximum Gasteiger partial charge on any atom is 0.295 e. The van der Waals surface area contributed by atoms with Crippen LogP contribution in [0.4, 0.5) is 5.69 Å². The molecule has 0 radical (unpaired) electrons. The minimum atomic E-state index is -0.232. The number of benzene rings is 1. The maximum atomic E-state index is 13.0. The Balaban J connectivity index is 1.67. The molecule has 1 aliphatic rings. The number of amides is 1. The monoisotopic (exact) mass is 411 g/mol. The molecule has 28 heavy (non-hydrogen) atoms. The fourth-order valence-electron chi connectivity index (χ4n) is 3.33. The smallest absolute Gasteiger partial charge is 0.295 e. The molecular formula is C21H21N3O2S2. The molecule has 1 amide bonds. The van der Waals surface area contributed by atoms with Crippen molar-refractivity contribution in [2.45, 2.75) is 26.5 Å². The minimum absolute atomic E-state index is 0.231.